The predicted octanol–water partition coefficient (Wildman–Crippen LogP) is 2.98. The van der Waals surface area contributed by atoms with Crippen LogP contribution in [0.2, 0.25) is 0 Å². The quantitative estimate of drug-likeness (QED) is 0.634. The summed E-state index contributed by atoms with van der Waals surface area (Å²) in [6.07, 6.45) is 11.5. The Bertz CT molecular complexity index is 999. The van der Waals surface area contributed by atoms with Gasteiger partial charge in [0.25, 0.3) is 0 Å². The first-order chi connectivity index (χ1) is 13.7. The molecule has 0 unspecified atom stereocenters. The first-order valence-corrected chi connectivity index (χ1v) is 9.95. The molecule has 3 aromatic heterocycles. The van der Waals surface area contributed by atoms with E-state index in [0.717, 1.165) is 41.0 Å². The van der Waals surface area contributed by atoms with Crippen LogP contribution in [-0.2, 0) is 22.6 Å². The Labute approximate surface area is 162 Å². The second-order valence-corrected chi connectivity index (χ2v) is 7.89. The van der Waals surface area contributed by atoms with E-state index in [9.17, 15) is 4.79 Å². The minimum Gasteiger partial charge on any atom is -0.465 e. The third-order valence-corrected chi connectivity index (χ3v) is 5.78. The van der Waals surface area contributed by atoms with E-state index in [2.05, 4.69) is 32.2 Å². The summed E-state index contributed by atoms with van der Waals surface area (Å²) in [7, 11) is 0. The number of nitrogens with one attached hydrogen (secondary N) is 1. The summed E-state index contributed by atoms with van der Waals surface area (Å²) in [5.74, 6) is 2.97. The molecule has 0 aliphatic heterocycles. The van der Waals surface area contributed by atoms with Gasteiger partial charge >= 0.3 is 5.97 Å². The molecule has 0 saturated heterocycles. The minimum atomic E-state index is -0.308. The van der Waals surface area contributed by atoms with Gasteiger partial charge in [0.1, 0.15) is 12.2 Å². The van der Waals surface area contributed by atoms with Crippen molar-refractivity contribution < 1.29 is 9.53 Å². The highest BCUT2D eigenvalue weighted by Gasteiger charge is 2.45. The van der Waals surface area contributed by atoms with E-state index >= 15 is 0 Å². The Morgan fingerprint density at radius 3 is 2.96 bits per heavy atom. The monoisotopic (exact) mass is 380 g/mol. The topological polar surface area (TPSA) is 86.9 Å². The number of nitrogens with zero attached hydrogens (tertiary/aromatic N) is 5. The molecule has 2 saturated carbocycles. The lowest BCUT2D eigenvalue weighted by atomic mass is 10.0. The first kappa shape index (κ1) is 17.2. The van der Waals surface area contributed by atoms with Gasteiger partial charge in [-0.1, -0.05) is 0 Å². The molecule has 8 heteroatoms. The number of fused-ring (bicyclic) bond motifs is 2. The molecule has 0 amide bonds. The molecular formula is C20H24N6O2. The highest BCUT2D eigenvalue weighted by atomic mass is 16.5. The van der Waals surface area contributed by atoms with E-state index in [4.69, 9.17) is 9.72 Å². The van der Waals surface area contributed by atoms with Crippen molar-refractivity contribution >= 4 is 28.6 Å². The summed E-state index contributed by atoms with van der Waals surface area (Å²) >= 11 is 0. The molecular weight excluding hydrogens is 356 g/mol. The van der Waals surface area contributed by atoms with E-state index in [0.29, 0.717) is 12.6 Å². The normalized spacial score (nSPS) is 23.0. The molecule has 2 fully saturated rings. The molecule has 5 rings (SSSR count). The Morgan fingerprint density at radius 1 is 1.29 bits per heavy atom. The smallest absolute Gasteiger partial charge is 0.327 e. The first-order valence-electron chi connectivity index (χ1n) is 9.95. The Kier molecular flexibility index (Phi) is 4.26. The van der Waals surface area contributed by atoms with Crippen LogP contribution < -0.4 is 5.32 Å². The molecule has 0 spiro atoms. The molecule has 28 heavy (non-hydrogen) atoms. The van der Waals surface area contributed by atoms with Crippen molar-refractivity contribution in [2.45, 2.75) is 39.3 Å². The number of ether oxygens (including phenoxy) is 1. The van der Waals surface area contributed by atoms with Crippen LogP contribution in [0.25, 0.3) is 11.0 Å². The zero-order valence-corrected chi connectivity index (χ0v) is 15.9. The van der Waals surface area contributed by atoms with Gasteiger partial charge in [-0.2, -0.15) is 10.1 Å². The molecule has 3 heterocycles. The summed E-state index contributed by atoms with van der Waals surface area (Å²) in [4.78, 5) is 20.7. The van der Waals surface area contributed by atoms with Crippen LogP contribution in [0.1, 0.15) is 26.2 Å². The summed E-state index contributed by atoms with van der Waals surface area (Å²) in [5, 5.41) is 8.40. The Balaban J connectivity index is 1.29. The van der Waals surface area contributed by atoms with E-state index < -0.39 is 0 Å². The molecule has 1 N–H and O–H groups in total. The predicted molar refractivity (Wildman–Crippen MR) is 104 cm³/mol. The Morgan fingerprint density at radius 2 is 2.14 bits per heavy atom. The fourth-order valence-corrected chi connectivity index (χ4v) is 4.43. The van der Waals surface area contributed by atoms with Crippen LogP contribution in [0.4, 0.5) is 11.6 Å². The summed E-state index contributed by atoms with van der Waals surface area (Å²) in [5.41, 5.74) is 1.69. The van der Waals surface area contributed by atoms with Crippen LogP contribution in [0, 0.1) is 17.8 Å². The number of rotatable bonds is 7. The van der Waals surface area contributed by atoms with E-state index in [1.807, 2.05) is 6.20 Å². The van der Waals surface area contributed by atoms with Crippen LogP contribution in [0.5, 0.6) is 0 Å². The maximum Gasteiger partial charge on any atom is 0.327 e. The lowest BCUT2D eigenvalue weighted by Crippen LogP contribution is -2.13. The standard InChI is InChI=1S/C20H24N6O2/c1-2-28-18(27)12-26-11-17(9-22-26)23-20-21-8-14-3-4-25(19(14)24-20)10-13-5-15-7-16(15)6-13/h3-4,8-9,11,13,15-16H,2,5-7,10,12H2,1H3,(H,21,23,24)/t13-,15-,16+. The van der Waals surface area contributed by atoms with Crippen LogP contribution in [0.15, 0.2) is 30.9 Å². The largest absolute Gasteiger partial charge is 0.465 e. The zero-order valence-electron chi connectivity index (χ0n) is 15.9. The molecule has 3 aromatic rings. The Hall–Kier alpha value is -2.90. The van der Waals surface area contributed by atoms with Gasteiger partial charge in [0.05, 0.1) is 18.5 Å². The van der Waals surface area contributed by atoms with Crippen LogP contribution >= 0.6 is 0 Å². The van der Waals surface area contributed by atoms with Crippen molar-refractivity contribution in [2.24, 2.45) is 17.8 Å². The van der Waals surface area contributed by atoms with Gasteiger partial charge in [0, 0.05) is 30.5 Å². The fraction of sp³-hybridized carbons (Fsp3) is 0.500. The molecule has 0 radical (unpaired) electrons. The van der Waals surface area contributed by atoms with E-state index in [-0.39, 0.29) is 12.5 Å². The lowest BCUT2D eigenvalue weighted by molar-refractivity contribution is -0.144. The number of carbonyl (C=O) groups is 1. The van der Waals surface area contributed by atoms with Gasteiger partial charge in [-0.05, 0) is 50.0 Å². The number of aromatic nitrogens is 5. The number of hydrogen-bond donors (Lipinski definition) is 1. The van der Waals surface area contributed by atoms with Crippen molar-refractivity contribution in [3.8, 4) is 0 Å². The lowest BCUT2D eigenvalue weighted by Gasteiger charge is -2.13. The van der Waals surface area contributed by atoms with Crippen LogP contribution in [0.3, 0.4) is 0 Å². The SMILES string of the molecule is CCOC(=O)Cn1cc(Nc2ncc3ccn(C[C@@H]4C[C@@H]5C[C@@H]5C4)c3n2)cn1. The molecule has 2 aliphatic carbocycles. The number of hydrogen-bond acceptors (Lipinski definition) is 6. The third-order valence-electron chi connectivity index (χ3n) is 5.78. The van der Waals surface area contributed by atoms with Gasteiger partial charge in [-0.3, -0.25) is 9.48 Å². The zero-order chi connectivity index (χ0) is 19.1. The third kappa shape index (κ3) is 3.46. The molecule has 146 valence electrons. The van der Waals surface area contributed by atoms with Gasteiger partial charge in [0.2, 0.25) is 5.95 Å². The van der Waals surface area contributed by atoms with Crippen molar-refractivity contribution in [2.75, 3.05) is 11.9 Å². The highest BCUT2D eigenvalue weighted by Crippen LogP contribution is 2.54. The second kappa shape index (κ2) is 6.92. The number of anilines is 2. The highest BCUT2D eigenvalue weighted by molar-refractivity contribution is 5.76. The van der Waals surface area contributed by atoms with E-state index in [1.54, 1.807) is 19.3 Å². The fourth-order valence-electron chi connectivity index (χ4n) is 4.43. The number of carbonyl (C=O) groups excluding carboxylic acids is 1. The van der Waals surface area contributed by atoms with Gasteiger partial charge in [-0.15, -0.1) is 0 Å². The van der Waals surface area contributed by atoms with Crippen molar-refractivity contribution in [1.82, 2.24) is 24.3 Å². The average molecular weight is 380 g/mol. The van der Waals surface area contributed by atoms with Crippen molar-refractivity contribution in [3.05, 3.63) is 30.9 Å². The summed E-state index contributed by atoms with van der Waals surface area (Å²) < 4.78 is 8.73. The molecule has 8 nitrogen and oxygen atoms in total. The van der Waals surface area contributed by atoms with Gasteiger partial charge < -0.3 is 14.6 Å². The van der Waals surface area contributed by atoms with Gasteiger partial charge in [-0.25, -0.2) is 4.98 Å². The van der Waals surface area contributed by atoms with Crippen molar-refractivity contribution in [3.63, 3.8) is 0 Å². The molecule has 2 aliphatic rings. The molecule has 0 aromatic carbocycles. The second-order valence-electron chi connectivity index (χ2n) is 7.89. The van der Waals surface area contributed by atoms with Crippen molar-refractivity contribution in [1.29, 1.82) is 0 Å². The summed E-state index contributed by atoms with van der Waals surface area (Å²) in [6.45, 7) is 3.26. The maximum atomic E-state index is 11.6. The van der Waals surface area contributed by atoms with Crippen LogP contribution in [-0.4, -0.2) is 36.9 Å². The number of esters is 1. The maximum absolute atomic E-state index is 11.6. The van der Waals surface area contributed by atoms with E-state index in [1.165, 1.54) is 23.9 Å². The summed E-state index contributed by atoms with van der Waals surface area (Å²) in [6, 6.07) is 2.08. The molecule has 3 atom stereocenters. The minimum absolute atomic E-state index is 0.0850. The average Bonchev–Trinajstić information content (AvgIpc) is 3.02. The molecule has 0 bridgehead atoms. The van der Waals surface area contributed by atoms with Gasteiger partial charge in [0.15, 0.2) is 0 Å².